The van der Waals surface area contributed by atoms with E-state index in [1.807, 2.05) is 13.8 Å². The lowest BCUT2D eigenvalue weighted by Gasteiger charge is -2.39. The van der Waals surface area contributed by atoms with Crippen LogP contribution in [0.4, 0.5) is 0 Å². The summed E-state index contributed by atoms with van der Waals surface area (Å²) in [5.41, 5.74) is 4.26. The summed E-state index contributed by atoms with van der Waals surface area (Å²) in [6, 6.07) is -1.14. The molecule has 2 rings (SSSR count). The lowest BCUT2D eigenvalue weighted by atomic mass is 9.83. The zero-order valence-corrected chi connectivity index (χ0v) is 35.2. The van der Waals surface area contributed by atoms with Gasteiger partial charge in [0, 0.05) is 17.7 Å². The minimum atomic E-state index is -0.667. The summed E-state index contributed by atoms with van der Waals surface area (Å²) in [6.07, 6.45) is 14.6. The van der Waals surface area contributed by atoms with Crippen LogP contribution in [0.25, 0.3) is 0 Å². The Morgan fingerprint density at radius 2 is 1.37 bits per heavy atom. The largest absolute Gasteiger partial charge is 0.496 e. The molecule has 1 amide bonds. The molecule has 51 heavy (non-hydrogen) atoms. The second kappa shape index (κ2) is 22.1. The Kier molecular flexibility index (Phi) is 19.4. The van der Waals surface area contributed by atoms with Gasteiger partial charge in [-0.25, -0.2) is 4.79 Å². The summed E-state index contributed by atoms with van der Waals surface area (Å²) in [4.78, 5) is 26.4. The van der Waals surface area contributed by atoms with Crippen molar-refractivity contribution in [2.24, 2.45) is 29.6 Å². The highest BCUT2D eigenvalue weighted by Gasteiger charge is 2.36. The summed E-state index contributed by atoms with van der Waals surface area (Å²) in [7, 11) is 1.73. The van der Waals surface area contributed by atoms with Crippen molar-refractivity contribution in [2.75, 3.05) is 13.7 Å². The van der Waals surface area contributed by atoms with Gasteiger partial charge in [-0.15, -0.1) is 0 Å². The van der Waals surface area contributed by atoms with Crippen molar-refractivity contribution in [3.05, 3.63) is 22.3 Å². The van der Waals surface area contributed by atoms with Gasteiger partial charge in [0.25, 0.3) is 0 Å². The fourth-order valence-corrected chi connectivity index (χ4v) is 7.78. The number of fused-ring (bicyclic) bond motifs is 1. The van der Waals surface area contributed by atoms with E-state index >= 15 is 0 Å². The van der Waals surface area contributed by atoms with E-state index in [9.17, 15) is 9.59 Å². The number of methoxy groups -OCH3 is 1. The molecule has 0 aromatic heterocycles. The van der Waals surface area contributed by atoms with Crippen LogP contribution in [0.15, 0.2) is 0 Å². The molecule has 7 nitrogen and oxygen atoms in total. The van der Waals surface area contributed by atoms with Gasteiger partial charge < -0.3 is 24.8 Å². The van der Waals surface area contributed by atoms with E-state index in [1.165, 1.54) is 56.9 Å². The van der Waals surface area contributed by atoms with Crippen LogP contribution < -0.4 is 20.1 Å². The number of carbonyl (C=O) groups excluding carboxylic acids is 2. The molecule has 0 saturated carbocycles. The lowest BCUT2D eigenvalue weighted by Crippen LogP contribution is -2.51. The number of ether oxygens (including phenoxy) is 3. The van der Waals surface area contributed by atoms with Gasteiger partial charge in [0.2, 0.25) is 5.91 Å². The first-order valence-electron chi connectivity index (χ1n) is 20.6. The number of hydrogen-bond acceptors (Lipinski definition) is 6. The summed E-state index contributed by atoms with van der Waals surface area (Å²) in [6.45, 7) is 26.9. The van der Waals surface area contributed by atoms with Crippen molar-refractivity contribution in [1.29, 1.82) is 0 Å². The SMILES string of the molecule is CCOC(=O)[C@H](CC(C)C)NC(=O)[C@H](CC(C)C)NCc1c2c(c(C)c(C)c1OC)OC(C)(CCCC(C)CCCC(C)CCCC(C)C)CC2. The van der Waals surface area contributed by atoms with Gasteiger partial charge in [0.05, 0.1) is 19.8 Å². The van der Waals surface area contributed by atoms with Crippen LogP contribution in [-0.2, 0) is 27.3 Å². The van der Waals surface area contributed by atoms with E-state index in [-0.39, 0.29) is 35.9 Å². The Morgan fingerprint density at radius 1 is 0.804 bits per heavy atom. The van der Waals surface area contributed by atoms with E-state index in [4.69, 9.17) is 14.2 Å². The molecule has 3 unspecified atom stereocenters. The van der Waals surface area contributed by atoms with E-state index in [0.717, 1.165) is 65.2 Å². The van der Waals surface area contributed by atoms with E-state index in [1.54, 1.807) is 14.0 Å². The van der Waals surface area contributed by atoms with Crippen LogP contribution in [0.5, 0.6) is 11.5 Å². The van der Waals surface area contributed by atoms with Crippen molar-refractivity contribution in [3.63, 3.8) is 0 Å². The molecule has 1 aromatic rings. The first-order valence-corrected chi connectivity index (χ1v) is 20.6. The number of hydrogen-bond donors (Lipinski definition) is 2. The number of rotatable bonds is 24. The summed E-state index contributed by atoms with van der Waals surface area (Å²) < 4.78 is 18.3. The number of carbonyl (C=O) groups is 2. The number of amides is 1. The summed E-state index contributed by atoms with van der Waals surface area (Å²) in [5, 5.41) is 6.59. The molecule has 0 saturated heterocycles. The predicted octanol–water partition coefficient (Wildman–Crippen LogP) is 10.4. The fraction of sp³-hybridized carbons (Fsp3) is 0.818. The maximum Gasteiger partial charge on any atom is 0.328 e. The number of esters is 1. The third kappa shape index (κ3) is 14.9. The highest BCUT2D eigenvalue weighted by atomic mass is 16.5. The molecular weight excluding hydrogens is 636 g/mol. The molecule has 0 fully saturated rings. The molecule has 2 N–H and O–H groups in total. The zero-order valence-electron chi connectivity index (χ0n) is 35.2. The summed E-state index contributed by atoms with van der Waals surface area (Å²) in [5.74, 6) is 4.22. The second-order valence-corrected chi connectivity index (χ2v) is 17.5. The molecule has 1 aliphatic heterocycles. The topological polar surface area (TPSA) is 85.9 Å². The molecule has 294 valence electrons. The van der Waals surface area contributed by atoms with Crippen molar-refractivity contribution in [1.82, 2.24) is 10.6 Å². The van der Waals surface area contributed by atoms with Crippen LogP contribution in [0, 0.1) is 43.4 Å². The summed E-state index contributed by atoms with van der Waals surface area (Å²) >= 11 is 0. The van der Waals surface area contributed by atoms with Crippen LogP contribution in [0.3, 0.4) is 0 Å². The molecule has 0 bridgehead atoms. The molecule has 1 aromatic carbocycles. The maximum absolute atomic E-state index is 13.7. The van der Waals surface area contributed by atoms with Crippen LogP contribution >= 0.6 is 0 Å². The molecule has 0 spiro atoms. The average molecular weight is 715 g/mol. The Labute approximate surface area is 313 Å². The van der Waals surface area contributed by atoms with E-state index < -0.39 is 12.1 Å². The van der Waals surface area contributed by atoms with Crippen LogP contribution in [-0.4, -0.2) is 43.3 Å². The quantitative estimate of drug-likeness (QED) is 0.104. The molecular formula is C44H78N2O5. The smallest absolute Gasteiger partial charge is 0.328 e. The third-order valence-corrected chi connectivity index (χ3v) is 11.0. The van der Waals surface area contributed by atoms with Crippen molar-refractivity contribution in [3.8, 4) is 11.5 Å². The highest BCUT2D eigenvalue weighted by molar-refractivity contribution is 5.87. The molecule has 7 heteroatoms. The van der Waals surface area contributed by atoms with Gasteiger partial charge in [0.1, 0.15) is 23.1 Å². The van der Waals surface area contributed by atoms with Gasteiger partial charge in [-0.1, -0.05) is 100 Å². The Morgan fingerprint density at radius 3 is 1.92 bits per heavy atom. The van der Waals surface area contributed by atoms with Crippen molar-refractivity contribution in [2.45, 2.75) is 191 Å². The average Bonchev–Trinajstić information content (AvgIpc) is 3.04. The second-order valence-electron chi connectivity index (χ2n) is 17.5. The first-order chi connectivity index (χ1) is 24.0. The molecule has 1 heterocycles. The minimum Gasteiger partial charge on any atom is -0.496 e. The fourth-order valence-electron chi connectivity index (χ4n) is 7.78. The normalized spacial score (nSPS) is 18.3. The zero-order chi connectivity index (χ0) is 38.3. The van der Waals surface area contributed by atoms with Crippen LogP contribution in [0.2, 0.25) is 0 Å². The van der Waals surface area contributed by atoms with Gasteiger partial charge >= 0.3 is 5.97 Å². The van der Waals surface area contributed by atoms with Gasteiger partial charge in [0.15, 0.2) is 0 Å². The molecule has 0 aliphatic carbocycles. The Balaban J connectivity index is 2.12. The van der Waals surface area contributed by atoms with Crippen LogP contribution in [0.1, 0.15) is 169 Å². The number of benzene rings is 1. The molecule has 0 radical (unpaired) electrons. The highest BCUT2D eigenvalue weighted by Crippen LogP contribution is 2.45. The lowest BCUT2D eigenvalue weighted by molar-refractivity contribution is -0.148. The van der Waals surface area contributed by atoms with Crippen molar-refractivity contribution < 1.29 is 23.8 Å². The first kappa shape index (κ1) is 44.9. The van der Waals surface area contributed by atoms with Gasteiger partial charge in [-0.2, -0.15) is 0 Å². The minimum absolute atomic E-state index is 0.173. The molecule has 5 atom stereocenters. The Bertz CT molecular complexity index is 1210. The van der Waals surface area contributed by atoms with E-state index in [2.05, 4.69) is 72.9 Å². The van der Waals surface area contributed by atoms with Crippen molar-refractivity contribution >= 4 is 11.9 Å². The third-order valence-electron chi connectivity index (χ3n) is 11.0. The van der Waals surface area contributed by atoms with Gasteiger partial charge in [-0.05, 0) is 107 Å². The van der Waals surface area contributed by atoms with E-state index in [0.29, 0.717) is 19.4 Å². The van der Waals surface area contributed by atoms with Gasteiger partial charge in [-0.3, -0.25) is 4.79 Å². The molecule has 1 aliphatic rings. The Hall–Kier alpha value is -2.28. The monoisotopic (exact) mass is 715 g/mol. The predicted molar refractivity (Wildman–Crippen MR) is 213 cm³/mol. The standard InChI is InChI=1S/C44H78N2O5/c1-14-50-43(48)39(27-31(6)7)46-42(47)38(26-30(4)5)45-28-37-36-23-25-44(12,51-41(36)35(11)34(10)40(37)49-13)24-17-22-33(9)21-16-20-32(8)19-15-18-29(2)3/h29-33,38-39,45H,14-28H2,1-13H3,(H,46,47)/t32?,33?,38-,39-,44?/m0/s1. The number of nitrogens with one attached hydrogen (secondary N) is 2. The maximum atomic E-state index is 13.7.